The van der Waals surface area contributed by atoms with Gasteiger partial charge in [0.2, 0.25) is 0 Å². The Hall–Kier alpha value is -3.23. The number of nitrogens with one attached hydrogen (secondary N) is 1. The summed E-state index contributed by atoms with van der Waals surface area (Å²) < 4.78 is 47.9. The molecule has 3 aromatic carbocycles. The number of benzene rings is 3. The van der Waals surface area contributed by atoms with Crippen molar-refractivity contribution in [2.45, 2.75) is 25.4 Å². The number of alkyl halides is 3. The summed E-state index contributed by atoms with van der Waals surface area (Å²) >= 11 is 0. The molecule has 0 saturated carbocycles. The highest BCUT2D eigenvalue weighted by molar-refractivity contribution is 6.06. The van der Waals surface area contributed by atoms with Gasteiger partial charge in [-0.3, -0.25) is 9.69 Å². The van der Waals surface area contributed by atoms with E-state index in [9.17, 15) is 23.1 Å². The van der Waals surface area contributed by atoms with E-state index in [-0.39, 0.29) is 29.3 Å². The van der Waals surface area contributed by atoms with Gasteiger partial charge in [0.15, 0.2) is 0 Å². The van der Waals surface area contributed by atoms with E-state index in [4.69, 9.17) is 4.74 Å². The largest absolute Gasteiger partial charge is 0.508 e. The zero-order valence-electron chi connectivity index (χ0n) is 19.6. The minimum Gasteiger partial charge on any atom is -0.508 e. The molecule has 0 aromatic heterocycles. The van der Waals surface area contributed by atoms with E-state index in [0.29, 0.717) is 18.0 Å². The maximum Gasteiger partial charge on any atom is 0.417 e. The Labute approximate surface area is 214 Å². The van der Waals surface area contributed by atoms with Crippen molar-refractivity contribution >= 4 is 24.0 Å². The molecule has 36 heavy (non-hydrogen) atoms. The first-order valence-corrected chi connectivity index (χ1v) is 11.6. The summed E-state index contributed by atoms with van der Waals surface area (Å²) in [7, 11) is 0. The van der Waals surface area contributed by atoms with Crippen LogP contribution in [0.4, 0.5) is 18.9 Å². The van der Waals surface area contributed by atoms with Crippen LogP contribution >= 0.6 is 12.4 Å². The fourth-order valence-corrected chi connectivity index (χ4v) is 4.24. The molecule has 1 saturated heterocycles. The van der Waals surface area contributed by atoms with Crippen molar-refractivity contribution < 1.29 is 27.8 Å². The molecular formula is C27H28ClF3N2O3. The van der Waals surface area contributed by atoms with Gasteiger partial charge in [0.1, 0.15) is 18.1 Å². The van der Waals surface area contributed by atoms with Crippen LogP contribution in [0.3, 0.4) is 0 Å². The third kappa shape index (κ3) is 6.92. The predicted octanol–water partition coefficient (Wildman–Crippen LogP) is 6.62. The second-order valence-corrected chi connectivity index (χ2v) is 8.50. The Bertz CT molecular complexity index is 1150. The zero-order chi connectivity index (χ0) is 24.8. The second-order valence-electron chi connectivity index (χ2n) is 8.50. The first kappa shape index (κ1) is 27.4. The van der Waals surface area contributed by atoms with Gasteiger partial charge >= 0.3 is 6.18 Å². The molecule has 2 N–H and O–H groups in total. The number of phenols is 1. The van der Waals surface area contributed by atoms with Crippen molar-refractivity contribution in [2.24, 2.45) is 0 Å². The van der Waals surface area contributed by atoms with Gasteiger partial charge in [-0.2, -0.15) is 13.2 Å². The van der Waals surface area contributed by atoms with Crippen molar-refractivity contribution in [3.63, 3.8) is 0 Å². The fraction of sp³-hybridized carbons (Fsp3) is 0.296. The number of carbonyl (C=O) groups excluding carboxylic acids is 1. The summed E-state index contributed by atoms with van der Waals surface area (Å²) in [4.78, 5) is 15.2. The molecule has 1 aliphatic rings. The lowest BCUT2D eigenvalue weighted by atomic mass is 9.94. The number of phenolic OH excluding ortho intramolecular Hbond substituents is 1. The summed E-state index contributed by atoms with van der Waals surface area (Å²) in [5.74, 6) is -0.294. The lowest BCUT2D eigenvalue weighted by Gasteiger charge is -2.26. The van der Waals surface area contributed by atoms with Gasteiger partial charge in [-0.25, -0.2) is 0 Å². The third-order valence-electron chi connectivity index (χ3n) is 6.01. The van der Waals surface area contributed by atoms with Gasteiger partial charge in [-0.1, -0.05) is 30.7 Å². The number of piperidine rings is 1. The lowest BCUT2D eigenvalue weighted by molar-refractivity contribution is -0.137. The van der Waals surface area contributed by atoms with E-state index in [0.717, 1.165) is 25.7 Å². The predicted molar refractivity (Wildman–Crippen MR) is 136 cm³/mol. The average Bonchev–Trinajstić information content (AvgIpc) is 2.85. The van der Waals surface area contributed by atoms with Crippen molar-refractivity contribution in [1.82, 2.24) is 4.90 Å². The van der Waals surface area contributed by atoms with Crippen LogP contribution in [0.1, 0.15) is 35.2 Å². The van der Waals surface area contributed by atoms with Crippen molar-refractivity contribution in [3.05, 3.63) is 77.9 Å². The van der Waals surface area contributed by atoms with E-state index in [1.165, 1.54) is 55.7 Å². The monoisotopic (exact) mass is 520 g/mol. The average molecular weight is 521 g/mol. The number of aromatic hydroxyl groups is 1. The number of amides is 1. The Morgan fingerprint density at radius 3 is 2.25 bits per heavy atom. The lowest BCUT2D eigenvalue weighted by Crippen LogP contribution is -2.33. The van der Waals surface area contributed by atoms with E-state index in [1.807, 2.05) is 0 Å². The second kappa shape index (κ2) is 12.1. The topological polar surface area (TPSA) is 61.8 Å². The molecule has 1 heterocycles. The van der Waals surface area contributed by atoms with Gasteiger partial charge in [-0.05, 0) is 79.5 Å². The van der Waals surface area contributed by atoms with Crippen LogP contribution in [0.5, 0.6) is 11.5 Å². The summed E-state index contributed by atoms with van der Waals surface area (Å²) in [5.41, 5.74) is -1.04. The number of ether oxygens (including phenoxy) is 1. The van der Waals surface area contributed by atoms with Gasteiger partial charge < -0.3 is 15.2 Å². The molecule has 4 rings (SSSR count). The van der Waals surface area contributed by atoms with Gasteiger partial charge in [-0.15, -0.1) is 12.4 Å². The molecule has 1 fully saturated rings. The maximum absolute atomic E-state index is 14.0. The molecule has 0 radical (unpaired) electrons. The Morgan fingerprint density at radius 1 is 0.944 bits per heavy atom. The SMILES string of the molecule is Cl.O=C(Nc1ccc(OCCN2CCCCC2)cc1)c1cccc(-c2ccc(O)cc2)c1C(F)(F)F. The van der Waals surface area contributed by atoms with Crippen molar-refractivity contribution in [3.8, 4) is 22.6 Å². The quantitative estimate of drug-likeness (QED) is 0.367. The van der Waals surface area contributed by atoms with Crippen LogP contribution in [-0.4, -0.2) is 42.2 Å². The number of hydrogen-bond donors (Lipinski definition) is 2. The molecule has 0 bridgehead atoms. The highest BCUT2D eigenvalue weighted by Crippen LogP contribution is 2.40. The van der Waals surface area contributed by atoms with Crippen LogP contribution in [0, 0.1) is 0 Å². The van der Waals surface area contributed by atoms with Crippen LogP contribution in [0.2, 0.25) is 0 Å². The van der Waals surface area contributed by atoms with Gasteiger partial charge in [0.05, 0.1) is 11.1 Å². The van der Waals surface area contributed by atoms with Gasteiger partial charge in [0, 0.05) is 12.2 Å². The minimum absolute atomic E-state index is 0. The van der Waals surface area contributed by atoms with Crippen LogP contribution < -0.4 is 10.1 Å². The summed E-state index contributed by atoms with van der Waals surface area (Å²) in [6, 6.07) is 15.8. The number of halogens is 4. The Kier molecular flexibility index (Phi) is 9.23. The van der Waals surface area contributed by atoms with Gasteiger partial charge in [0.25, 0.3) is 5.91 Å². The number of nitrogens with zero attached hydrogens (tertiary/aromatic N) is 1. The first-order chi connectivity index (χ1) is 16.8. The minimum atomic E-state index is -4.76. The molecule has 1 amide bonds. The highest BCUT2D eigenvalue weighted by atomic mass is 35.5. The van der Waals surface area contributed by atoms with Crippen molar-refractivity contribution in [1.29, 1.82) is 0 Å². The van der Waals surface area contributed by atoms with E-state index >= 15 is 0 Å². The number of carbonyl (C=O) groups is 1. The molecule has 9 heteroatoms. The number of likely N-dealkylation sites (tertiary alicyclic amines) is 1. The van der Waals surface area contributed by atoms with Crippen LogP contribution in [0.15, 0.2) is 66.7 Å². The van der Waals surface area contributed by atoms with Crippen LogP contribution in [-0.2, 0) is 6.18 Å². The summed E-state index contributed by atoms with van der Waals surface area (Å²) in [6.07, 6.45) is -1.06. The standard InChI is InChI=1S/C27H27F3N2O3.ClH/c28-27(29,30)25-23(19-7-11-21(33)12-8-19)5-4-6-24(25)26(34)31-20-9-13-22(14-10-20)35-18-17-32-15-2-1-3-16-32;/h4-14,33H,1-3,15-18H2,(H,31,34);1H. The zero-order valence-corrected chi connectivity index (χ0v) is 20.4. The molecule has 3 aromatic rings. The molecule has 5 nitrogen and oxygen atoms in total. The molecule has 192 valence electrons. The highest BCUT2D eigenvalue weighted by Gasteiger charge is 2.38. The normalized spacial score (nSPS) is 14.1. The smallest absolute Gasteiger partial charge is 0.417 e. The molecular weight excluding hydrogens is 493 g/mol. The number of anilines is 1. The number of rotatable bonds is 7. The third-order valence-corrected chi connectivity index (χ3v) is 6.01. The van der Waals surface area contributed by atoms with E-state index in [1.54, 1.807) is 24.3 Å². The Balaban J connectivity index is 0.00000361. The molecule has 1 aliphatic heterocycles. The Morgan fingerprint density at radius 2 is 1.61 bits per heavy atom. The van der Waals surface area contributed by atoms with Crippen LogP contribution in [0.25, 0.3) is 11.1 Å². The van der Waals surface area contributed by atoms with E-state index in [2.05, 4.69) is 10.2 Å². The molecule has 0 spiro atoms. The number of hydrogen-bond acceptors (Lipinski definition) is 4. The first-order valence-electron chi connectivity index (χ1n) is 11.6. The summed E-state index contributed by atoms with van der Waals surface area (Å²) in [6.45, 7) is 3.56. The summed E-state index contributed by atoms with van der Waals surface area (Å²) in [5, 5.41) is 12.0. The van der Waals surface area contributed by atoms with Crippen molar-refractivity contribution in [2.75, 3.05) is 31.6 Å². The maximum atomic E-state index is 14.0. The molecule has 0 aliphatic carbocycles. The molecule has 0 atom stereocenters. The fourth-order valence-electron chi connectivity index (χ4n) is 4.24. The van der Waals surface area contributed by atoms with E-state index < -0.39 is 23.2 Å². The molecule has 0 unspecified atom stereocenters.